The third kappa shape index (κ3) is 3.15. The quantitative estimate of drug-likeness (QED) is 0.907. The Morgan fingerprint density at radius 2 is 2.26 bits per heavy atom. The van der Waals surface area contributed by atoms with Gasteiger partial charge in [-0.15, -0.1) is 0 Å². The first-order chi connectivity index (χ1) is 9.02. The first-order valence-corrected chi connectivity index (χ1v) is 7.28. The second kappa shape index (κ2) is 6.01. The van der Waals surface area contributed by atoms with Crippen LogP contribution < -0.4 is 5.73 Å². The third-order valence-corrected chi connectivity index (χ3v) is 4.39. The molecule has 1 aromatic rings. The fraction of sp³-hybridized carbons (Fsp3) is 0.500. The number of hydrogen-bond donors (Lipinski definition) is 1. The molecular formula is C14H18BrFN2O. The van der Waals surface area contributed by atoms with E-state index >= 15 is 0 Å². The van der Waals surface area contributed by atoms with E-state index in [4.69, 9.17) is 5.73 Å². The summed E-state index contributed by atoms with van der Waals surface area (Å²) in [5, 5.41) is 0. The number of amides is 1. The van der Waals surface area contributed by atoms with Crippen LogP contribution in [0.2, 0.25) is 0 Å². The maximum Gasteiger partial charge on any atom is 0.255 e. The molecule has 2 rings (SSSR count). The molecule has 19 heavy (non-hydrogen) atoms. The van der Waals surface area contributed by atoms with E-state index in [0.29, 0.717) is 29.0 Å². The van der Waals surface area contributed by atoms with Crippen LogP contribution in [0.3, 0.4) is 0 Å². The van der Waals surface area contributed by atoms with Crippen molar-refractivity contribution in [3.63, 3.8) is 0 Å². The molecule has 1 heterocycles. The molecule has 1 saturated heterocycles. The highest BCUT2D eigenvalue weighted by molar-refractivity contribution is 9.10. The van der Waals surface area contributed by atoms with E-state index in [9.17, 15) is 9.18 Å². The fourth-order valence-electron chi connectivity index (χ4n) is 2.48. The highest BCUT2D eigenvalue weighted by atomic mass is 79.9. The van der Waals surface area contributed by atoms with Crippen LogP contribution in [0.15, 0.2) is 22.7 Å². The van der Waals surface area contributed by atoms with Gasteiger partial charge in [0, 0.05) is 17.1 Å². The first kappa shape index (κ1) is 14.5. The molecule has 104 valence electrons. The van der Waals surface area contributed by atoms with Crippen LogP contribution in [0.5, 0.6) is 0 Å². The van der Waals surface area contributed by atoms with Crippen molar-refractivity contribution in [1.82, 2.24) is 4.90 Å². The Labute approximate surface area is 121 Å². The molecule has 0 aromatic heterocycles. The van der Waals surface area contributed by atoms with Crippen LogP contribution in [0, 0.1) is 11.7 Å². The second-order valence-corrected chi connectivity index (χ2v) is 5.96. The van der Waals surface area contributed by atoms with Gasteiger partial charge in [-0.25, -0.2) is 4.39 Å². The Morgan fingerprint density at radius 3 is 2.89 bits per heavy atom. The van der Waals surface area contributed by atoms with Gasteiger partial charge in [0.05, 0.1) is 5.56 Å². The van der Waals surface area contributed by atoms with Gasteiger partial charge in [-0.1, -0.05) is 0 Å². The van der Waals surface area contributed by atoms with Gasteiger partial charge in [0.15, 0.2) is 0 Å². The second-order valence-electron chi connectivity index (χ2n) is 5.11. The molecular weight excluding hydrogens is 311 g/mol. The van der Waals surface area contributed by atoms with Gasteiger partial charge in [-0.2, -0.15) is 0 Å². The van der Waals surface area contributed by atoms with Crippen molar-refractivity contribution in [3.05, 3.63) is 34.1 Å². The molecule has 2 atom stereocenters. The van der Waals surface area contributed by atoms with E-state index in [2.05, 4.69) is 15.9 Å². The summed E-state index contributed by atoms with van der Waals surface area (Å²) >= 11 is 3.25. The van der Waals surface area contributed by atoms with E-state index in [1.165, 1.54) is 18.2 Å². The zero-order valence-electron chi connectivity index (χ0n) is 10.9. The Morgan fingerprint density at radius 1 is 1.53 bits per heavy atom. The minimum Gasteiger partial charge on any atom is -0.336 e. The van der Waals surface area contributed by atoms with Gasteiger partial charge in [0.1, 0.15) is 5.82 Å². The largest absolute Gasteiger partial charge is 0.336 e. The van der Waals surface area contributed by atoms with Gasteiger partial charge in [0.2, 0.25) is 0 Å². The SMILES string of the molecule is CC1CCC(CN)CN1C(=O)c1ccc(F)cc1Br. The number of benzene rings is 1. The van der Waals surface area contributed by atoms with Gasteiger partial charge >= 0.3 is 0 Å². The summed E-state index contributed by atoms with van der Waals surface area (Å²) in [5.41, 5.74) is 6.21. The normalized spacial score (nSPS) is 23.5. The number of hydrogen-bond acceptors (Lipinski definition) is 2. The highest BCUT2D eigenvalue weighted by Crippen LogP contribution is 2.26. The molecule has 1 amide bonds. The maximum absolute atomic E-state index is 13.1. The van der Waals surface area contributed by atoms with Crippen LogP contribution >= 0.6 is 15.9 Å². The van der Waals surface area contributed by atoms with Crippen molar-refractivity contribution in [2.24, 2.45) is 11.7 Å². The molecule has 3 nitrogen and oxygen atoms in total. The van der Waals surface area contributed by atoms with Gasteiger partial charge in [0.25, 0.3) is 5.91 Å². The van der Waals surface area contributed by atoms with Gasteiger partial charge in [-0.05, 0) is 66.4 Å². The molecule has 1 aromatic carbocycles. The number of nitrogens with zero attached hydrogens (tertiary/aromatic N) is 1. The first-order valence-electron chi connectivity index (χ1n) is 6.49. The van der Waals surface area contributed by atoms with Crippen molar-refractivity contribution in [3.8, 4) is 0 Å². The molecule has 0 saturated carbocycles. The number of rotatable bonds is 2. The minimum absolute atomic E-state index is 0.0578. The lowest BCUT2D eigenvalue weighted by Gasteiger charge is -2.37. The Bertz CT molecular complexity index is 481. The Balaban J connectivity index is 2.22. The number of piperidine rings is 1. The lowest BCUT2D eigenvalue weighted by atomic mass is 9.93. The van der Waals surface area contributed by atoms with Crippen molar-refractivity contribution in [2.45, 2.75) is 25.8 Å². The van der Waals surface area contributed by atoms with Crippen LogP contribution in [0.4, 0.5) is 4.39 Å². The van der Waals surface area contributed by atoms with E-state index in [1.54, 1.807) is 0 Å². The maximum atomic E-state index is 13.1. The molecule has 2 unspecified atom stereocenters. The monoisotopic (exact) mass is 328 g/mol. The van der Waals surface area contributed by atoms with Crippen molar-refractivity contribution < 1.29 is 9.18 Å². The van der Waals surface area contributed by atoms with Crippen LogP contribution in [0.25, 0.3) is 0 Å². The van der Waals surface area contributed by atoms with Crippen molar-refractivity contribution >= 4 is 21.8 Å². The molecule has 0 aliphatic carbocycles. The average Bonchev–Trinajstić information content (AvgIpc) is 2.38. The van der Waals surface area contributed by atoms with Gasteiger partial charge < -0.3 is 10.6 Å². The predicted molar refractivity (Wildman–Crippen MR) is 76.4 cm³/mol. The summed E-state index contributed by atoms with van der Waals surface area (Å²) in [6.07, 6.45) is 2.03. The Kier molecular flexibility index (Phi) is 4.58. The molecule has 0 bridgehead atoms. The molecule has 5 heteroatoms. The number of likely N-dealkylation sites (tertiary alicyclic amines) is 1. The minimum atomic E-state index is -0.352. The lowest BCUT2D eigenvalue weighted by Crippen LogP contribution is -2.47. The van der Waals surface area contributed by atoms with Crippen LogP contribution in [-0.2, 0) is 0 Å². The molecule has 0 radical (unpaired) electrons. The summed E-state index contributed by atoms with van der Waals surface area (Å²) in [5.74, 6) is -0.0492. The fourth-order valence-corrected chi connectivity index (χ4v) is 3.00. The number of carbonyl (C=O) groups excluding carboxylic acids is 1. The lowest BCUT2D eigenvalue weighted by molar-refractivity contribution is 0.0566. The molecule has 0 spiro atoms. The molecule has 1 aliphatic rings. The van der Waals surface area contributed by atoms with Crippen molar-refractivity contribution in [2.75, 3.05) is 13.1 Å². The highest BCUT2D eigenvalue weighted by Gasteiger charge is 2.29. The number of nitrogens with two attached hydrogens (primary N) is 1. The summed E-state index contributed by atoms with van der Waals surface area (Å²) in [7, 11) is 0. The third-order valence-electron chi connectivity index (χ3n) is 3.74. The molecule has 1 aliphatic heterocycles. The predicted octanol–water partition coefficient (Wildman–Crippen LogP) is 2.79. The smallest absolute Gasteiger partial charge is 0.255 e. The summed E-state index contributed by atoms with van der Waals surface area (Å²) in [4.78, 5) is 14.4. The van der Waals surface area contributed by atoms with E-state index in [-0.39, 0.29) is 17.8 Å². The molecule has 2 N–H and O–H groups in total. The standard InChI is InChI=1S/C14H18BrFN2O/c1-9-2-3-10(7-17)8-18(9)14(19)12-5-4-11(16)6-13(12)15/h4-6,9-10H,2-3,7-8,17H2,1H3. The Hall–Kier alpha value is -0.940. The topological polar surface area (TPSA) is 46.3 Å². The summed E-state index contributed by atoms with van der Waals surface area (Å²) < 4.78 is 13.6. The van der Waals surface area contributed by atoms with E-state index in [1.807, 2.05) is 11.8 Å². The zero-order chi connectivity index (χ0) is 14.0. The van der Waals surface area contributed by atoms with Crippen LogP contribution in [-0.4, -0.2) is 29.9 Å². The van der Waals surface area contributed by atoms with Gasteiger partial charge in [-0.3, -0.25) is 4.79 Å². The summed E-state index contributed by atoms with van der Waals surface area (Å²) in [6.45, 7) is 3.32. The average molecular weight is 329 g/mol. The van der Waals surface area contributed by atoms with E-state index < -0.39 is 0 Å². The number of halogens is 2. The van der Waals surface area contributed by atoms with Crippen LogP contribution in [0.1, 0.15) is 30.1 Å². The number of carbonyl (C=O) groups is 1. The summed E-state index contributed by atoms with van der Waals surface area (Å²) in [6, 6.07) is 4.36. The zero-order valence-corrected chi connectivity index (χ0v) is 12.5. The van der Waals surface area contributed by atoms with Crippen molar-refractivity contribution in [1.29, 1.82) is 0 Å². The van der Waals surface area contributed by atoms with E-state index in [0.717, 1.165) is 12.8 Å². The molecule has 1 fully saturated rings.